The van der Waals surface area contributed by atoms with E-state index in [2.05, 4.69) is 4.98 Å². The first-order chi connectivity index (χ1) is 9.29. The van der Waals surface area contributed by atoms with Crippen LogP contribution in [0.2, 0.25) is 0 Å². The third kappa shape index (κ3) is 1.27. The summed E-state index contributed by atoms with van der Waals surface area (Å²) in [5.74, 6) is 1.19. The van der Waals surface area contributed by atoms with Crippen molar-refractivity contribution in [3.05, 3.63) is 53.5 Å². The molecule has 4 rings (SSSR count). The maximum Gasteiger partial charge on any atom is 0.215 e. The van der Waals surface area contributed by atoms with Gasteiger partial charge in [-0.25, -0.2) is 4.98 Å². The summed E-state index contributed by atoms with van der Waals surface area (Å²) in [4.78, 5) is 16.8. The lowest BCUT2D eigenvalue weighted by molar-refractivity contribution is 0.103. The van der Waals surface area contributed by atoms with Gasteiger partial charge in [-0.05, 0) is 5.39 Å². The predicted molar refractivity (Wildman–Crippen MR) is 72.3 cm³/mol. The molecule has 1 aromatic heterocycles. The van der Waals surface area contributed by atoms with Crippen LogP contribution in [0, 0.1) is 0 Å². The van der Waals surface area contributed by atoms with Gasteiger partial charge in [0.1, 0.15) is 0 Å². The molecule has 2 aromatic carbocycles. The van der Waals surface area contributed by atoms with Crippen LogP contribution in [0.5, 0.6) is 0 Å². The smallest absolute Gasteiger partial charge is 0.215 e. The molecule has 92 valence electrons. The Morgan fingerprint density at radius 2 is 1.84 bits per heavy atom. The molecule has 0 bridgehead atoms. The van der Waals surface area contributed by atoms with Crippen LogP contribution in [0.1, 0.15) is 28.9 Å². The number of carbonyl (C=O) groups excluding carboxylic acids is 1. The van der Waals surface area contributed by atoms with Crippen LogP contribution in [-0.2, 0) is 6.42 Å². The van der Waals surface area contributed by atoms with Crippen LogP contribution in [0.25, 0.3) is 22.1 Å². The Hall–Kier alpha value is -2.42. The molecule has 3 aromatic rings. The normalized spacial score (nSPS) is 12.8. The Morgan fingerprint density at radius 3 is 2.58 bits per heavy atom. The maximum atomic E-state index is 12.5. The Bertz CT molecular complexity index is 825. The standard InChI is InChI=1S/C16H11NO2/c1-2-12-17-14-15(18)10-7-3-5-9-6-4-8-11(13(9)10)16(14)19-12/h3-8H,2H2,1H3. The second-order valence-electron chi connectivity index (χ2n) is 4.68. The average molecular weight is 249 g/mol. The number of ketones is 1. The molecule has 19 heavy (non-hydrogen) atoms. The number of aryl methyl sites for hydroxylation is 1. The first-order valence-electron chi connectivity index (χ1n) is 6.36. The van der Waals surface area contributed by atoms with Crippen molar-refractivity contribution < 1.29 is 9.21 Å². The molecule has 1 aliphatic rings. The van der Waals surface area contributed by atoms with Crippen LogP contribution < -0.4 is 0 Å². The van der Waals surface area contributed by atoms with Gasteiger partial charge in [0.15, 0.2) is 17.3 Å². The van der Waals surface area contributed by atoms with Gasteiger partial charge in [0.05, 0.1) is 0 Å². The summed E-state index contributed by atoms with van der Waals surface area (Å²) < 4.78 is 5.74. The van der Waals surface area contributed by atoms with Gasteiger partial charge in [-0.1, -0.05) is 43.3 Å². The molecular formula is C16H11NO2. The zero-order valence-corrected chi connectivity index (χ0v) is 10.4. The van der Waals surface area contributed by atoms with E-state index >= 15 is 0 Å². The van der Waals surface area contributed by atoms with Gasteiger partial charge in [-0.3, -0.25) is 4.79 Å². The van der Waals surface area contributed by atoms with Crippen molar-refractivity contribution in [3.63, 3.8) is 0 Å². The van der Waals surface area contributed by atoms with Crippen molar-refractivity contribution in [2.75, 3.05) is 0 Å². The summed E-state index contributed by atoms with van der Waals surface area (Å²) in [6, 6.07) is 11.8. The Labute approximate surface area is 109 Å². The molecule has 0 saturated heterocycles. The zero-order valence-electron chi connectivity index (χ0n) is 10.4. The molecule has 0 atom stereocenters. The number of hydrogen-bond donors (Lipinski definition) is 0. The van der Waals surface area contributed by atoms with Gasteiger partial charge in [0.2, 0.25) is 5.78 Å². The van der Waals surface area contributed by atoms with Crippen molar-refractivity contribution in [3.8, 4) is 11.3 Å². The Morgan fingerprint density at radius 1 is 1.11 bits per heavy atom. The summed E-state index contributed by atoms with van der Waals surface area (Å²) >= 11 is 0. The van der Waals surface area contributed by atoms with E-state index in [-0.39, 0.29) is 5.78 Å². The molecule has 0 radical (unpaired) electrons. The number of aromatic nitrogens is 1. The third-order valence-electron chi connectivity index (χ3n) is 3.58. The molecule has 3 nitrogen and oxygen atoms in total. The van der Waals surface area contributed by atoms with Crippen molar-refractivity contribution in [1.29, 1.82) is 0 Å². The molecule has 3 heteroatoms. The Balaban J connectivity index is 2.19. The summed E-state index contributed by atoms with van der Waals surface area (Å²) in [6.45, 7) is 1.97. The van der Waals surface area contributed by atoms with E-state index in [0.717, 1.165) is 21.9 Å². The molecule has 1 heterocycles. The lowest BCUT2D eigenvalue weighted by atomic mass is 9.89. The molecule has 0 fully saturated rings. The molecule has 0 amide bonds. The van der Waals surface area contributed by atoms with Crippen LogP contribution >= 0.6 is 0 Å². The summed E-state index contributed by atoms with van der Waals surface area (Å²) in [5, 5.41) is 2.03. The van der Waals surface area contributed by atoms with E-state index in [1.54, 1.807) is 0 Å². The highest BCUT2D eigenvalue weighted by atomic mass is 16.4. The summed E-state index contributed by atoms with van der Waals surface area (Å²) in [7, 11) is 0. The van der Waals surface area contributed by atoms with E-state index in [0.29, 0.717) is 23.8 Å². The number of rotatable bonds is 1. The van der Waals surface area contributed by atoms with E-state index in [1.807, 2.05) is 43.3 Å². The summed E-state index contributed by atoms with van der Waals surface area (Å²) in [5.41, 5.74) is 2.13. The van der Waals surface area contributed by atoms with Gasteiger partial charge >= 0.3 is 0 Å². The first-order valence-corrected chi connectivity index (χ1v) is 6.36. The average Bonchev–Trinajstić information content (AvgIpc) is 2.89. The van der Waals surface area contributed by atoms with Crippen molar-refractivity contribution in [1.82, 2.24) is 4.98 Å². The molecule has 0 unspecified atom stereocenters. The van der Waals surface area contributed by atoms with Crippen LogP contribution in [0.3, 0.4) is 0 Å². The lowest BCUT2D eigenvalue weighted by Gasteiger charge is -2.14. The lowest BCUT2D eigenvalue weighted by Crippen LogP contribution is -2.09. The molecule has 1 aliphatic carbocycles. The quantitative estimate of drug-likeness (QED) is 0.517. The first kappa shape index (κ1) is 10.5. The second kappa shape index (κ2) is 3.54. The Kier molecular flexibility index (Phi) is 1.96. The topological polar surface area (TPSA) is 43.1 Å². The molecule has 0 N–H and O–H groups in total. The largest absolute Gasteiger partial charge is 0.440 e. The number of benzene rings is 2. The number of fused-ring (bicyclic) bond motifs is 2. The minimum atomic E-state index is -0.0391. The highest BCUT2D eigenvalue weighted by Gasteiger charge is 2.29. The minimum absolute atomic E-state index is 0.0391. The SMILES string of the molecule is CCc1nc2c(o1)-c1cccc3cccc(c13)C2=O. The molecule has 0 saturated carbocycles. The maximum absolute atomic E-state index is 12.5. The van der Waals surface area contributed by atoms with Crippen molar-refractivity contribution in [2.24, 2.45) is 0 Å². The molecule has 0 spiro atoms. The predicted octanol–water partition coefficient (Wildman–Crippen LogP) is 3.60. The third-order valence-corrected chi connectivity index (χ3v) is 3.58. The van der Waals surface area contributed by atoms with Gasteiger partial charge in [-0.2, -0.15) is 0 Å². The van der Waals surface area contributed by atoms with E-state index in [4.69, 9.17) is 4.42 Å². The number of nitrogens with zero attached hydrogens (tertiary/aromatic N) is 1. The highest BCUT2D eigenvalue weighted by Crippen LogP contribution is 2.39. The fourth-order valence-corrected chi connectivity index (χ4v) is 2.70. The van der Waals surface area contributed by atoms with Gasteiger partial charge in [-0.15, -0.1) is 0 Å². The zero-order chi connectivity index (χ0) is 13.0. The molecule has 0 aliphatic heterocycles. The van der Waals surface area contributed by atoms with Gasteiger partial charge < -0.3 is 4.42 Å². The van der Waals surface area contributed by atoms with Crippen molar-refractivity contribution in [2.45, 2.75) is 13.3 Å². The van der Waals surface area contributed by atoms with E-state index in [9.17, 15) is 4.79 Å². The monoisotopic (exact) mass is 249 g/mol. The fraction of sp³-hybridized carbons (Fsp3) is 0.125. The van der Waals surface area contributed by atoms with Crippen molar-refractivity contribution >= 4 is 16.6 Å². The number of carbonyl (C=O) groups is 1. The number of oxazole rings is 1. The highest BCUT2D eigenvalue weighted by molar-refractivity contribution is 6.24. The second-order valence-corrected chi connectivity index (χ2v) is 4.68. The van der Waals surface area contributed by atoms with Crippen LogP contribution in [-0.4, -0.2) is 10.8 Å². The summed E-state index contributed by atoms with van der Waals surface area (Å²) in [6.07, 6.45) is 0.687. The number of hydrogen-bond acceptors (Lipinski definition) is 3. The van der Waals surface area contributed by atoms with E-state index in [1.165, 1.54) is 0 Å². The van der Waals surface area contributed by atoms with Gasteiger partial charge in [0, 0.05) is 22.9 Å². The fourth-order valence-electron chi connectivity index (χ4n) is 2.70. The molecular weight excluding hydrogens is 238 g/mol. The van der Waals surface area contributed by atoms with Crippen LogP contribution in [0.4, 0.5) is 0 Å². The van der Waals surface area contributed by atoms with Crippen LogP contribution in [0.15, 0.2) is 40.8 Å². The minimum Gasteiger partial charge on any atom is -0.440 e. The van der Waals surface area contributed by atoms with Gasteiger partial charge in [0.25, 0.3) is 0 Å². The van der Waals surface area contributed by atoms with E-state index < -0.39 is 0 Å².